The van der Waals surface area contributed by atoms with Crippen LogP contribution in [-0.4, -0.2) is 47.4 Å². The molecular formula is C52H99NO5. The number of hydrogen-bond donors (Lipinski definition) is 3. The Labute approximate surface area is 361 Å². The molecule has 0 aliphatic carbocycles. The van der Waals surface area contributed by atoms with Crippen molar-refractivity contribution in [3.05, 3.63) is 24.3 Å². The van der Waals surface area contributed by atoms with Crippen molar-refractivity contribution in [1.82, 2.24) is 5.32 Å². The first-order chi connectivity index (χ1) is 28.5. The molecule has 0 aromatic carbocycles. The summed E-state index contributed by atoms with van der Waals surface area (Å²) >= 11 is 0. The number of aliphatic hydroxyl groups excluding tert-OH is 2. The molecule has 0 aromatic heterocycles. The number of unbranched alkanes of at least 4 members (excludes halogenated alkanes) is 32. The van der Waals surface area contributed by atoms with Crippen LogP contribution >= 0.6 is 0 Å². The number of carbonyl (C=O) groups is 2. The van der Waals surface area contributed by atoms with Crippen LogP contribution in [0.3, 0.4) is 0 Å². The Kier molecular flexibility index (Phi) is 46.6. The largest absolute Gasteiger partial charge is 0.466 e. The maximum atomic E-state index is 12.4. The fraction of sp³-hybridized carbons (Fsp3) is 0.885. The van der Waals surface area contributed by atoms with Crippen molar-refractivity contribution >= 4 is 11.9 Å². The van der Waals surface area contributed by atoms with Gasteiger partial charge in [-0.1, -0.05) is 224 Å². The highest BCUT2D eigenvalue weighted by atomic mass is 16.5. The third kappa shape index (κ3) is 43.9. The summed E-state index contributed by atoms with van der Waals surface area (Å²) in [6, 6.07) is -0.555. The minimum Gasteiger partial charge on any atom is -0.466 e. The van der Waals surface area contributed by atoms with Crippen LogP contribution in [0.1, 0.15) is 271 Å². The zero-order valence-corrected chi connectivity index (χ0v) is 38.8. The van der Waals surface area contributed by atoms with Crippen molar-refractivity contribution in [3.8, 4) is 0 Å². The van der Waals surface area contributed by atoms with Crippen LogP contribution < -0.4 is 5.32 Å². The molecule has 0 saturated heterocycles. The predicted molar refractivity (Wildman–Crippen MR) is 250 cm³/mol. The molecular weight excluding hydrogens is 719 g/mol. The standard InChI is InChI=1S/C52H99NO5/c1-3-5-7-9-11-13-15-17-19-20-22-26-30-34-38-42-46-52(57)58-47-43-39-35-31-27-23-25-29-33-37-41-45-51(56)53-49(48-54)50(55)44-40-36-32-28-24-21-18-16-14-12-10-8-6-4-2/h13,15,19-20,49-50,54-55H,3-12,14,16-18,21-48H2,1-2H3,(H,53,56)/b15-13-,20-19-. The van der Waals surface area contributed by atoms with E-state index in [9.17, 15) is 19.8 Å². The van der Waals surface area contributed by atoms with Crippen molar-refractivity contribution in [1.29, 1.82) is 0 Å². The van der Waals surface area contributed by atoms with E-state index in [0.29, 0.717) is 25.9 Å². The summed E-state index contributed by atoms with van der Waals surface area (Å²) in [5.41, 5.74) is 0. The molecule has 342 valence electrons. The second-order valence-corrected chi connectivity index (χ2v) is 17.5. The van der Waals surface area contributed by atoms with Crippen molar-refractivity contribution in [2.24, 2.45) is 0 Å². The van der Waals surface area contributed by atoms with Gasteiger partial charge in [0.15, 0.2) is 0 Å². The summed E-state index contributed by atoms with van der Waals surface area (Å²) in [6.07, 6.45) is 55.6. The van der Waals surface area contributed by atoms with Crippen LogP contribution in [0, 0.1) is 0 Å². The Bertz CT molecular complexity index is 904. The number of hydrogen-bond acceptors (Lipinski definition) is 5. The topological polar surface area (TPSA) is 95.9 Å². The summed E-state index contributed by atoms with van der Waals surface area (Å²) in [4.78, 5) is 24.5. The molecule has 0 radical (unpaired) electrons. The lowest BCUT2D eigenvalue weighted by atomic mass is 10.0. The first-order valence-electron chi connectivity index (χ1n) is 25.6. The Hall–Kier alpha value is -1.66. The Balaban J connectivity index is 3.48. The molecule has 0 aliphatic heterocycles. The molecule has 0 bridgehead atoms. The normalized spacial score (nSPS) is 12.8. The number of amides is 1. The highest BCUT2D eigenvalue weighted by Crippen LogP contribution is 2.16. The first-order valence-corrected chi connectivity index (χ1v) is 25.6. The van der Waals surface area contributed by atoms with Gasteiger partial charge in [0.25, 0.3) is 0 Å². The van der Waals surface area contributed by atoms with Crippen molar-refractivity contribution in [2.75, 3.05) is 13.2 Å². The Morgan fingerprint density at radius 2 is 0.862 bits per heavy atom. The minimum absolute atomic E-state index is 0.0271. The lowest BCUT2D eigenvalue weighted by Crippen LogP contribution is -2.45. The van der Waals surface area contributed by atoms with Crippen LogP contribution in [0.4, 0.5) is 0 Å². The third-order valence-electron chi connectivity index (χ3n) is 11.8. The van der Waals surface area contributed by atoms with Crippen molar-refractivity contribution < 1.29 is 24.5 Å². The van der Waals surface area contributed by atoms with E-state index in [0.717, 1.165) is 70.6 Å². The smallest absolute Gasteiger partial charge is 0.305 e. The highest BCUT2D eigenvalue weighted by molar-refractivity contribution is 5.76. The SMILES string of the molecule is CCCCCC/C=C\C/C=C\CCCCCCCC(=O)OCCCCCCCCCCCCCC(=O)NC(CO)C(O)CCCCCCCCCCCCCCCC. The zero-order chi connectivity index (χ0) is 42.3. The molecule has 2 unspecified atom stereocenters. The maximum Gasteiger partial charge on any atom is 0.305 e. The van der Waals surface area contributed by atoms with E-state index < -0.39 is 12.1 Å². The van der Waals surface area contributed by atoms with Gasteiger partial charge in [-0.05, 0) is 57.8 Å². The highest BCUT2D eigenvalue weighted by Gasteiger charge is 2.20. The second-order valence-electron chi connectivity index (χ2n) is 17.5. The van der Waals surface area contributed by atoms with E-state index in [1.54, 1.807) is 0 Å². The summed E-state index contributed by atoms with van der Waals surface area (Å²) in [5.74, 6) is -0.0818. The second kappa shape index (κ2) is 48.0. The van der Waals surface area contributed by atoms with Gasteiger partial charge in [-0.2, -0.15) is 0 Å². The molecule has 6 heteroatoms. The molecule has 6 nitrogen and oxygen atoms in total. The average molecular weight is 818 g/mol. The Morgan fingerprint density at radius 1 is 0.483 bits per heavy atom. The number of esters is 1. The zero-order valence-electron chi connectivity index (χ0n) is 38.8. The Morgan fingerprint density at radius 3 is 1.33 bits per heavy atom. The van der Waals surface area contributed by atoms with E-state index in [2.05, 4.69) is 43.5 Å². The van der Waals surface area contributed by atoms with Gasteiger partial charge in [0.1, 0.15) is 0 Å². The molecule has 3 N–H and O–H groups in total. The van der Waals surface area contributed by atoms with Crippen LogP contribution in [0.5, 0.6) is 0 Å². The van der Waals surface area contributed by atoms with E-state index >= 15 is 0 Å². The summed E-state index contributed by atoms with van der Waals surface area (Å²) < 4.78 is 5.45. The van der Waals surface area contributed by atoms with Crippen LogP contribution in [0.15, 0.2) is 24.3 Å². The van der Waals surface area contributed by atoms with E-state index in [-0.39, 0.29) is 18.5 Å². The summed E-state index contributed by atoms with van der Waals surface area (Å²) in [6.45, 7) is 4.89. The number of aliphatic hydroxyl groups is 2. The fourth-order valence-electron chi connectivity index (χ4n) is 7.79. The van der Waals surface area contributed by atoms with Gasteiger partial charge >= 0.3 is 5.97 Å². The maximum absolute atomic E-state index is 12.4. The van der Waals surface area contributed by atoms with Crippen LogP contribution in [-0.2, 0) is 14.3 Å². The third-order valence-corrected chi connectivity index (χ3v) is 11.8. The van der Waals surface area contributed by atoms with Gasteiger partial charge < -0.3 is 20.3 Å². The first kappa shape index (κ1) is 56.3. The quantitative estimate of drug-likeness (QED) is 0.0323. The molecule has 0 rings (SSSR count). The van der Waals surface area contributed by atoms with Gasteiger partial charge in [0.05, 0.1) is 25.4 Å². The van der Waals surface area contributed by atoms with Gasteiger partial charge in [0.2, 0.25) is 5.91 Å². The molecule has 0 spiro atoms. The predicted octanol–water partition coefficient (Wildman–Crippen LogP) is 15.1. The van der Waals surface area contributed by atoms with E-state index in [4.69, 9.17) is 4.74 Å². The molecule has 0 aliphatic rings. The summed E-state index contributed by atoms with van der Waals surface area (Å²) in [7, 11) is 0. The van der Waals surface area contributed by atoms with Crippen LogP contribution in [0.25, 0.3) is 0 Å². The lowest BCUT2D eigenvalue weighted by Gasteiger charge is -2.22. The van der Waals surface area contributed by atoms with Gasteiger partial charge in [0, 0.05) is 12.8 Å². The molecule has 0 heterocycles. The van der Waals surface area contributed by atoms with Gasteiger partial charge in [-0.15, -0.1) is 0 Å². The minimum atomic E-state index is -0.676. The summed E-state index contributed by atoms with van der Waals surface area (Å²) in [5, 5.41) is 23.2. The van der Waals surface area contributed by atoms with Gasteiger partial charge in [-0.3, -0.25) is 9.59 Å². The van der Waals surface area contributed by atoms with Crippen LogP contribution in [0.2, 0.25) is 0 Å². The lowest BCUT2D eigenvalue weighted by molar-refractivity contribution is -0.143. The van der Waals surface area contributed by atoms with Crippen molar-refractivity contribution in [2.45, 2.75) is 283 Å². The number of carbonyl (C=O) groups excluding carboxylic acids is 2. The van der Waals surface area contributed by atoms with Gasteiger partial charge in [-0.25, -0.2) is 0 Å². The molecule has 0 saturated carbocycles. The van der Waals surface area contributed by atoms with E-state index in [1.807, 2.05) is 0 Å². The number of ether oxygens (including phenoxy) is 1. The number of rotatable bonds is 47. The number of allylic oxidation sites excluding steroid dienone is 4. The molecule has 0 fully saturated rings. The molecule has 0 aromatic rings. The molecule has 1 amide bonds. The van der Waals surface area contributed by atoms with E-state index in [1.165, 1.54) is 167 Å². The fourth-order valence-corrected chi connectivity index (χ4v) is 7.79. The average Bonchev–Trinajstić information content (AvgIpc) is 3.22. The number of nitrogens with one attached hydrogen (secondary N) is 1. The molecule has 2 atom stereocenters. The van der Waals surface area contributed by atoms with Crippen molar-refractivity contribution in [3.63, 3.8) is 0 Å². The molecule has 58 heavy (non-hydrogen) atoms. The monoisotopic (exact) mass is 818 g/mol.